The molecule has 0 spiro atoms. The van der Waals surface area contributed by atoms with Gasteiger partial charge in [-0.2, -0.15) is 0 Å². The minimum absolute atomic E-state index is 0.0571. The van der Waals surface area contributed by atoms with Gasteiger partial charge in [-0.25, -0.2) is 0 Å². The fourth-order valence-electron chi connectivity index (χ4n) is 3.38. The Morgan fingerprint density at radius 1 is 0.952 bits per heavy atom. The summed E-state index contributed by atoms with van der Waals surface area (Å²) in [6.07, 6.45) is 3.36. The summed E-state index contributed by atoms with van der Waals surface area (Å²) >= 11 is 0. The molecule has 0 bridgehead atoms. The molecule has 1 fully saturated rings. The van der Waals surface area contributed by atoms with Crippen molar-refractivity contribution >= 4 is 5.78 Å². The molecule has 21 heavy (non-hydrogen) atoms. The van der Waals surface area contributed by atoms with E-state index >= 15 is 0 Å². The lowest BCUT2D eigenvalue weighted by atomic mass is 9.69. The molecule has 3 rings (SSSR count). The maximum atomic E-state index is 12.8. The van der Waals surface area contributed by atoms with Crippen LogP contribution < -0.4 is 0 Å². The molecule has 108 valence electrons. The highest BCUT2D eigenvalue weighted by Gasteiger charge is 2.44. The summed E-state index contributed by atoms with van der Waals surface area (Å²) in [5.74, 6) is -0.294. The lowest BCUT2D eigenvalue weighted by Gasteiger charge is -2.39. The topological polar surface area (TPSA) is 37.3 Å². The van der Waals surface area contributed by atoms with Crippen LogP contribution in [-0.4, -0.2) is 10.9 Å². The zero-order valence-electron chi connectivity index (χ0n) is 12.0. The molecule has 1 saturated carbocycles. The molecule has 0 aliphatic heterocycles. The van der Waals surface area contributed by atoms with E-state index in [-0.39, 0.29) is 11.7 Å². The van der Waals surface area contributed by atoms with Crippen LogP contribution in [0.15, 0.2) is 60.7 Å². The fraction of sp³-hybridized carbons (Fsp3) is 0.316. The van der Waals surface area contributed by atoms with Crippen molar-refractivity contribution in [2.45, 2.75) is 31.3 Å². The minimum atomic E-state index is -1.04. The molecular weight excluding hydrogens is 260 g/mol. The molecule has 2 aromatic carbocycles. The first-order chi connectivity index (χ1) is 10.2. The number of aliphatic hydroxyl groups is 1. The van der Waals surface area contributed by atoms with Crippen LogP contribution in [0, 0.1) is 5.92 Å². The van der Waals surface area contributed by atoms with Crippen molar-refractivity contribution in [3.63, 3.8) is 0 Å². The molecule has 0 unspecified atom stereocenters. The standard InChI is InChI=1S/C19H20O2/c20-18(15-9-3-1-4-10-15)17-13-7-8-14-19(17,21)16-11-5-2-6-12-16/h1-6,9-12,17,21H,7-8,13-14H2/t17-,19-/m1/s1. The number of carbonyl (C=O) groups excluding carboxylic acids is 1. The average Bonchev–Trinajstić information content (AvgIpc) is 2.56. The van der Waals surface area contributed by atoms with Gasteiger partial charge in [0.15, 0.2) is 5.78 Å². The van der Waals surface area contributed by atoms with Gasteiger partial charge in [-0.15, -0.1) is 0 Å². The van der Waals surface area contributed by atoms with Gasteiger partial charge in [0.05, 0.1) is 11.5 Å². The molecule has 2 heteroatoms. The van der Waals surface area contributed by atoms with E-state index in [1.54, 1.807) is 0 Å². The van der Waals surface area contributed by atoms with Gasteiger partial charge in [0, 0.05) is 5.56 Å². The number of Topliss-reactive ketones (excluding diaryl/α,β-unsaturated/α-hetero) is 1. The Labute approximate surface area is 125 Å². The molecule has 2 aromatic rings. The summed E-state index contributed by atoms with van der Waals surface area (Å²) in [5, 5.41) is 11.2. The summed E-state index contributed by atoms with van der Waals surface area (Å²) in [7, 11) is 0. The summed E-state index contributed by atoms with van der Waals surface area (Å²) in [4.78, 5) is 12.8. The summed E-state index contributed by atoms with van der Waals surface area (Å²) < 4.78 is 0. The number of hydrogen-bond acceptors (Lipinski definition) is 2. The normalized spacial score (nSPS) is 25.5. The average molecular weight is 280 g/mol. The van der Waals surface area contributed by atoms with Gasteiger partial charge in [-0.05, 0) is 18.4 Å². The second-order valence-corrected chi connectivity index (χ2v) is 5.82. The number of rotatable bonds is 3. The van der Waals surface area contributed by atoms with Crippen LogP contribution in [0.4, 0.5) is 0 Å². The Hall–Kier alpha value is -1.93. The number of carbonyl (C=O) groups is 1. The second kappa shape index (κ2) is 5.82. The van der Waals surface area contributed by atoms with E-state index in [2.05, 4.69) is 0 Å². The van der Waals surface area contributed by atoms with Crippen molar-refractivity contribution in [3.8, 4) is 0 Å². The van der Waals surface area contributed by atoms with E-state index in [0.717, 1.165) is 24.8 Å². The molecule has 0 heterocycles. The first kappa shape index (κ1) is 14.0. The Morgan fingerprint density at radius 2 is 1.57 bits per heavy atom. The molecule has 1 aliphatic rings. The van der Waals surface area contributed by atoms with Crippen LogP contribution in [-0.2, 0) is 5.60 Å². The Kier molecular flexibility index (Phi) is 3.89. The SMILES string of the molecule is O=C(c1ccccc1)[C@H]1CCCC[C@@]1(O)c1ccccc1. The monoisotopic (exact) mass is 280 g/mol. The summed E-state index contributed by atoms with van der Waals surface area (Å²) in [5.41, 5.74) is 0.518. The molecule has 0 radical (unpaired) electrons. The molecule has 2 atom stereocenters. The predicted molar refractivity (Wildman–Crippen MR) is 83.1 cm³/mol. The minimum Gasteiger partial charge on any atom is -0.384 e. The third-order valence-electron chi connectivity index (χ3n) is 4.53. The highest BCUT2D eigenvalue weighted by Crippen LogP contribution is 2.43. The largest absolute Gasteiger partial charge is 0.384 e. The fourth-order valence-corrected chi connectivity index (χ4v) is 3.38. The quantitative estimate of drug-likeness (QED) is 0.864. The molecular formula is C19H20O2. The Bertz CT molecular complexity index is 606. The van der Waals surface area contributed by atoms with Crippen LogP contribution in [0.25, 0.3) is 0 Å². The van der Waals surface area contributed by atoms with Crippen molar-refractivity contribution in [2.24, 2.45) is 5.92 Å². The van der Waals surface area contributed by atoms with E-state index in [4.69, 9.17) is 0 Å². The van der Waals surface area contributed by atoms with Gasteiger partial charge in [0.2, 0.25) is 0 Å². The summed E-state index contributed by atoms with van der Waals surface area (Å²) in [6.45, 7) is 0. The van der Waals surface area contributed by atoms with Crippen molar-refractivity contribution in [2.75, 3.05) is 0 Å². The van der Waals surface area contributed by atoms with E-state index < -0.39 is 5.60 Å². The Balaban J connectivity index is 1.97. The third kappa shape index (κ3) is 2.64. The third-order valence-corrected chi connectivity index (χ3v) is 4.53. The maximum Gasteiger partial charge on any atom is 0.169 e. The highest BCUT2D eigenvalue weighted by molar-refractivity contribution is 5.98. The molecule has 0 aromatic heterocycles. The number of benzene rings is 2. The smallest absolute Gasteiger partial charge is 0.169 e. The number of hydrogen-bond donors (Lipinski definition) is 1. The highest BCUT2D eigenvalue weighted by atomic mass is 16.3. The molecule has 1 aliphatic carbocycles. The van der Waals surface area contributed by atoms with E-state index in [1.165, 1.54) is 0 Å². The molecule has 2 nitrogen and oxygen atoms in total. The molecule has 0 saturated heterocycles. The van der Waals surface area contributed by atoms with Crippen molar-refractivity contribution in [1.82, 2.24) is 0 Å². The number of ketones is 1. The lowest BCUT2D eigenvalue weighted by molar-refractivity contribution is -0.0418. The Morgan fingerprint density at radius 3 is 2.24 bits per heavy atom. The lowest BCUT2D eigenvalue weighted by Crippen LogP contribution is -2.42. The van der Waals surface area contributed by atoms with Gasteiger partial charge < -0.3 is 5.11 Å². The van der Waals surface area contributed by atoms with E-state index in [1.807, 2.05) is 60.7 Å². The van der Waals surface area contributed by atoms with Crippen LogP contribution in [0.2, 0.25) is 0 Å². The van der Waals surface area contributed by atoms with Crippen LogP contribution >= 0.6 is 0 Å². The van der Waals surface area contributed by atoms with Crippen LogP contribution in [0.1, 0.15) is 41.6 Å². The van der Waals surface area contributed by atoms with Crippen LogP contribution in [0.5, 0.6) is 0 Å². The summed E-state index contributed by atoms with van der Waals surface area (Å²) in [6, 6.07) is 19.0. The first-order valence-corrected chi connectivity index (χ1v) is 7.59. The van der Waals surface area contributed by atoms with Gasteiger partial charge in [0.1, 0.15) is 0 Å². The van der Waals surface area contributed by atoms with E-state index in [0.29, 0.717) is 12.0 Å². The molecule has 0 amide bonds. The second-order valence-electron chi connectivity index (χ2n) is 5.82. The van der Waals surface area contributed by atoms with Gasteiger partial charge >= 0.3 is 0 Å². The first-order valence-electron chi connectivity index (χ1n) is 7.59. The zero-order chi connectivity index (χ0) is 14.7. The van der Waals surface area contributed by atoms with E-state index in [9.17, 15) is 9.90 Å². The van der Waals surface area contributed by atoms with Crippen molar-refractivity contribution < 1.29 is 9.90 Å². The van der Waals surface area contributed by atoms with Crippen molar-refractivity contribution in [3.05, 3.63) is 71.8 Å². The predicted octanol–water partition coefficient (Wildman–Crippen LogP) is 3.95. The molecule has 1 N–H and O–H groups in total. The van der Waals surface area contributed by atoms with Crippen molar-refractivity contribution in [1.29, 1.82) is 0 Å². The van der Waals surface area contributed by atoms with Gasteiger partial charge in [0.25, 0.3) is 0 Å². The van der Waals surface area contributed by atoms with Gasteiger partial charge in [-0.3, -0.25) is 4.79 Å². The van der Waals surface area contributed by atoms with Crippen LogP contribution in [0.3, 0.4) is 0 Å². The maximum absolute atomic E-state index is 12.8. The zero-order valence-corrected chi connectivity index (χ0v) is 12.0. The van der Waals surface area contributed by atoms with Gasteiger partial charge in [-0.1, -0.05) is 73.5 Å².